The Morgan fingerprint density at radius 1 is 1.57 bits per heavy atom. The van der Waals surface area contributed by atoms with Crippen molar-refractivity contribution in [3.63, 3.8) is 0 Å². The lowest BCUT2D eigenvalue weighted by Crippen LogP contribution is -2.22. The molecule has 3 heteroatoms. The predicted octanol–water partition coefficient (Wildman–Crippen LogP) is 1.50. The number of hydrogen-bond acceptors (Lipinski definition) is 3. The minimum absolute atomic E-state index is 0.206. The average Bonchev–Trinajstić information content (AvgIpc) is 2.68. The second-order valence-corrected chi connectivity index (χ2v) is 3.73. The van der Waals surface area contributed by atoms with Crippen LogP contribution in [0.1, 0.15) is 13.3 Å². The highest BCUT2D eigenvalue weighted by Crippen LogP contribution is 2.21. The maximum absolute atomic E-state index is 11.2. The van der Waals surface area contributed by atoms with Gasteiger partial charge in [-0.3, -0.25) is 4.79 Å². The lowest BCUT2D eigenvalue weighted by atomic mass is 10.1. The molecule has 0 saturated carbocycles. The summed E-state index contributed by atoms with van der Waals surface area (Å²) in [5, 5.41) is 0. The Balaban J connectivity index is 2.06. The van der Waals surface area contributed by atoms with E-state index in [2.05, 4.69) is 9.88 Å². The van der Waals surface area contributed by atoms with E-state index in [4.69, 9.17) is 0 Å². The van der Waals surface area contributed by atoms with Crippen LogP contribution in [-0.4, -0.2) is 23.9 Å². The summed E-state index contributed by atoms with van der Waals surface area (Å²) in [6, 6.07) is 5.87. The fourth-order valence-corrected chi connectivity index (χ4v) is 1.84. The van der Waals surface area contributed by atoms with Gasteiger partial charge in [0.25, 0.3) is 0 Å². The lowest BCUT2D eigenvalue weighted by molar-refractivity contribution is -0.120. The highest BCUT2D eigenvalue weighted by molar-refractivity contribution is 5.79. The number of Topliss-reactive ketones (excluding diaryl/α,β-unsaturated/α-hetero) is 1. The van der Waals surface area contributed by atoms with Gasteiger partial charge in [0.15, 0.2) is 0 Å². The maximum Gasteiger partial charge on any atom is 0.134 e. The Hall–Kier alpha value is -1.38. The summed E-state index contributed by atoms with van der Waals surface area (Å²) in [5.41, 5.74) is 0. The molecule has 0 N–H and O–H groups in total. The van der Waals surface area contributed by atoms with Gasteiger partial charge in [-0.25, -0.2) is 4.98 Å². The monoisotopic (exact) mass is 190 g/mol. The molecule has 1 aromatic rings. The highest BCUT2D eigenvalue weighted by atomic mass is 16.1. The zero-order chi connectivity index (χ0) is 9.97. The smallest absolute Gasteiger partial charge is 0.134 e. The third-order valence-corrected chi connectivity index (χ3v) is 2.74. The van der Waals surface area contributed by atoms with Crippen LogP contribution in [0.5, 0.6) is 0 Å². The fraction of sp³-hybridized carbons (Fsp3) is 0.455. The van der Waals surface area contributed by atoms with Crippen LogP contribution < -0.4 is 4.90 Å². The van der Waals surface area contributed by atoms with Crippen molar-refractivity contribution >= 4 is 11.6 Å². The normalized spacial score (nSPS) is 21.2. The van der Waals surface area contributed by atoms with Crippen molar-refractivity contribution in [2.75, 3.05) is 18.0 Å². The van der Waals surface area contributed by atoms with E-state index >= 15 is 0 Å². The van der Waals surface area contributed by atoms with Crippen LogP contribution >= 0.6 is 0 Å². The number of pyridine rings is 1. The first-order chi connectivity index (χ1) is 6.77. The zero-order valence-corrected chi connectivity index (χ0v) is 8.31. The summed E-state index contributed by atoms with van der Waals surface area (Å²) >= 11 is 0. The van der Waals surface area contributed by atoms with Gasteiger partial charge in [-0.1, -0.05) is 6.07 Å². The molecule has 0 spiro atoms. The fourth-order valence-electron chi connectivity index (χ4n) is 1.84. The van der Waals surface area contributed by atoms with Crippen molar-refractivity contribution in [3.05, 3.63) is 24.4 Å². The van der Waals surface area contributed by atoms with Crippen molar-refractivity contribution in [1.82, 2.24) is 4.98 Å². The molecule has 1 fully saturated rings. The van der Waals surface area contributed by atoms with Gasteiger partial charge in [-0.15, -0.1) is 0 Å². The Morgan fingerprint density at radius 3 is 3.00 bits per heavy atom. The second kappa shape index (κ2) is 3.78. The minimum atomic E-state index is 0.206. The highest BCUT2D eigenvalue weighted by Gasteiger charge is 2.26. The van der Waals surface area contributed by atoms with Gasteiger partial charge in [-0.2, -0.15) is 0 Å². The van der Waals surface area contributed by atoms with Gasteiger partial charge in [-0.05, 0) is 25.5 Å². The number of anilines is 1. The summed E-state index contributed by atoms with van der Waals surface area (Å²) in [7, 11) is 0. The van der Waals surface area contributed by atoms with E-state index in [0.29, 0.717) is 5.78 Å². The molecule has 0 radical (unpaired) electrons. The third kappa shape index (κ3) is 1.76. The van der Waals surface area contributed by atoms with E-state index in [1.807, 2.05) is 18.2 Å². The largest absolute Gasteiger partial charge is 0.356 e. The number of nitrogens with zero attached hydrogens (tertiary/aromatic N) is 2. The van der Waals surface area contributed by atoms with Gasteiger partial charge < -0.3 is 4.90 Å². The molecule has 2 heterocycles. The second-order valence-electron chi connectivity index (χ2n) is 3.73. The summed E-state index contributed by atoms with van der Waals surface area (Å²) < 4.78 is 0. The lowest BCUT2D eigenvalue weighted by Gasteiger charge is -2.16. The van der Waals surface area contributed by atoms with Crippen molar-refractivity contribution in [2.45, 2.75) is 13.3 Å². The molecule has 1 aromatic heterocycles. The minimum Gasteiger partial charge on any atom is -0.356 e. The first-order valence-electron chi connectivity index (χ1n) is 4.94. The van der Waals surface area contributed by atoms with Crippen LogP contribution in [-0.2, 0) is 4.79 Å². The molecule has 1 aliphatic rings. The Bertz CT molecular complexity index is 323. The molecule has 1 unspecified atom stereocenters. The SMILES string of the molecule is CC(=O)C1CCN(c2ccccn2)C1. The van der Waals surface area contributed by atoms with E-state index in [9.17, 15) is 4.79 Å². The molecule has 0 amide bonds. The number of rotatable bonds is 2. The molecule has 1 atom stereocenters. The van der Waals surface area contributed by atoms with Crippen molar-refractivity contribution < 1.29 is 4.79 Å². The van der Waals surface area contributed by atoms with Crippen molar-refractivity contribution in [3.8, 4) is 0 Å². The van der Waals surface area contributed by atoms with Crippen molar-refractivity contribution in [1.29, 1.82) is 0 Å². The first-order valence-corrected chi connectivity index (χ1v) is 4.94. The number of hydrogen-bond donors (Lipinski definition) is 0. The number of carbonyl (C=O) groups is 1. The molecule has 2 rings (SSSR count). The molecule has 1 aliphatic heterocycles. The van der Waals surface area contributed by atoms with Crippen LogP contribution in [0.2, 0.25) is 0 Å². The van der Waals surface area contributed by atoms with E-state index in [0.717, 1.165) is 25.3 Å². The zero-order valence-electron chi connectivity index (χ0n) is 8.31. The number of carbonyl (C=O) groups excluding carboxylic acids is 1. The van der Waals surface area contributed by atoms with Gasteiger partial charge in [0.2, 0.25) is 0 Å². The molecule has 1 saturated heterocycles. The molecule has 0 bridgehead atoms. The Morgan fingerprint density at radius 2 is 2.43 bits per heavy atom. The number of ketones is 1. The van der Waals surface area contributed by atoms with Crippen LogP contribution in [0.3, 0.4) is 0 Å². The summed E-state index contributed by atoms with van der Waals surface area (Å²) in [4.78, 5) is 17.6. The number of aromatic nitrogens is 1. The third-order valence-electron chi connectivity index (χ3n) is 2.74. The Kier molecular flexibility index (Phi) is 2.48. The molecule has 14 heavy (non-hydrogen) atoms. The average molecular weight is 190 g/mol. The van der Waals surface area contributed by atoms with Crippen LogP contribution in [0.25, 0.3) is 0 Å². The molecular formula is C11H14N2O. The van der Waals surface area contributed by atoms with Crippen LogP contribution in [0.4, 0.5) is 5.82 Å². The summed E-state index contributed by atoms with van der Waals surface area (Å²) in [5.74, 6) is 1.48. The standard InChI is InChI=1S/C11H14N2O/c1-9(14)10-5-7-13(8-10)11-4-2-3-6-12-11/h2-4,6,10H,5,7-8H2,1H3. The topological polar surface area (TPSA) is 33.2 Å². The van der Waals surface area contributed by atoms with Gasteiger partial charge in [0.1, 0.15) is 11.6 Å². The molecular weight excluding hydrogens is 176 g/mol. The Labute approximate surface area is 83.8 Å². The van der Waals surface area contributed by atoms with E-state index in [1.54, 1.807) is 13.1 Å². The predicted molar refractivity (Wildman–Crippen MR) is 55.2 cm³/mol. The van der Waals surface area contributed by atoms with Crippen LogP contribution in [0.15, 0.2) is 24.4 Å². The molecule has 3 nitrogen and oxygen atoms in total. The molecule has 0 aliphatic carbocycles. The summed E-state index contributed by atoms with van der Waals surface area (Å²) in [6.07, 6.45) is 2.75. The van der Waals surface area contributed by atoms with Crippen molar-refractivity contribution in [2.24, 2.45) is 5.92 Å². The van der Waals surface area contributed by atoms with E-state index < -0.39 is 0 Å². The first kappa shape index (κ1) is 9.19. The van der Waals surface area contributed by atoms with E-state index in [-0.39, 0.29) is 5.92 Å². The maximum atomic E-state index is 11.2. The van der Waals surface area contributed by atoms with E-state index in [1.165, 1.54) is 0 Å². The quantitative estimate of drug-likeness (QED) is 0.708. The van der Waals surface area contributed by atoms with Gasteiger partial charge >= 0.3 is 0 Å². The molecule has 74 valence electrons. The molecule has 0 aromatic carbocycles. The van der Waals surface area contributed by atoms with Gasteiger partial charge in [0.05, 0.1) is 0 Å². The van der Waals surface area contributed by atoms with Gasteiger partial charge in [0, 0.05) is 25.2 Å². The summed E-state index contributed by atoms with van der Waals surface area (Å²) in [6.45, 7) is 3.44. The van der Waals surface area contributed by atoms with Crippen LogP contribution in [0, 0.1) is 5.92 Å².